The van der Waals surface area contributed by atoms with Crippen LogP contribution in [0.5, 0.6) is 0 Å². The number of carboxylic acid groups (broad SMARTS) is 2. The zero-order valence-electron chi connectivity index (χ0n) is 12.9. The van der Waals surface area contributed by atoms with Crippen LogP contribution >= 0.6 is 0 Å². The molecule has 0 aliphatic carbocycles. The Morgan fingerprint density at radius 1 is 1.12 bits per heavy atom. The predicted molar refractivity (Wildman–Crippen MR) is 79.0 cm³/mol. The number of carboxylic acids is 2. The van der Waals surface area contributed by atoms with Crippen molar-refractivity contribution in [2.24, 2.45) is 16.8 Å². The summed E-state index contributed by atoms with van der Waals surface area (Å²) in [5, 5.41) is 18.9. The Bertz CT molecular complexity index is 699. The number of halogens is 3. The number of hydrogen-bond acceptors (Lipinski definition) is 3. The second kappa shape index (κ2) is 6.26. The summed E-state index contributed by atoms with van der Waals surface area (Å²) in [6.07, 6.45) is -4.71. The van der Waals surface area contributed by atoms with Crippen molar-refractivity contribution >= 4 is 17.7 Å². The van der Waals surface area contributed by atoms with Gasteiger partial charge in [0.2, 0.25) is 0 Å². The van der Waals surface area contributed by atoms with Crippen LogP contribution in [0.25, 0.3) is 0 Å². The van der Waals surface area contributed by atoms with Crippen molar-refractivity contribution in [3.8, 4) is 0 Å². The first kappa shape index (κ1) is 18.0. The summed E-state index contributed by atoms with van der Waals surface area (Å²) in [5.74, 6) is -6.90. The van der Waals surface area contributed by atoms with Crippen LogP contribution in [0, 0.1) is 11.8 Å². The predicted octanol–water partition coefficient (Wildman–Crippen LogP) is 3.05. The molecule has 2 N–H and O–H groups in total. The highest BCUT2D eigenvalue weighted by molar-refractivity contribution is 6.03. The smallest absolute Gasteiger partial charge is 0.416 e. The molecule has 1 aliphatic heterocycles. The van der Waals surface area contributed by atoms with Gasteiger partial charge >= 0.3 is 18.1 Å². The molecule has 24 heavy (non-hydrogen) atoms. The van der Waals surface area contributed by atoms with E-state index in [9.17, 15) is 33.0 Å². The molecule has 8 heteroatoms. The zero-order valence-corrected chi connectivity index (χ0v) is 12.9. The first-order chi connectivity index (χ1) is 11.1. The summed E-state index contributed by atoms with van der Waals surface area (Å²) in [5.41, 5.74) is -1.23. The summed E-state index contributed by atoms with van der Waals surface area (Å²) in [4.78, 5) is 27.3. The van der Waals surface area contributed by atoms with Crippen LogP contribution in [-0.2, 0) is 15.8 Å². The van der Waals surface area contributed by atoms with Gasteiger partial charge in [0, 0.05) is 11.6 Å². The molecule has 0 radical (unpaired) electrons. The van der Waals surface area contributed by atoms with Crippen LogP contribution in [-0.4, -0.2) is 33.9 Å². The van der Waals surface area contributed by atoms with Gasteiger partial charge in [-0.2, -0.15) is 13.2 Å². The molecule has 4 unspecified atom stereocenters. The molecule has 5 nitrogen and oxygen atoms in total. The number of rotatable bonds is 3. The second-order valence-corrected chi connectivity index (χ2v) is 5.80. The van der Waals surface area contributed by atoms with E-state index in [1.165, 1.54) is 26.0 Å². The molecule has 0 aromatic heterocycles. The van der Waals surface area contributed by atoms with Crippen LogP contribution in [0.3, 0.4) is 0 Å². The lowest BCUT2D eigenvalue weighted by atomic mass is 9.69. The van der Waals surface area contributed by atoms with Gasteiger partial charge in [0.05, 0.1) is 17.5 Å². The molecule has 0 spiro atoms. The van der Waals surface area contributed by atoms with Gasteiger partial charge in [-0.05, 0) is 25.5 Å². The van der Waals surface area contributed by atoms with Gasteiger partial charge in [-0.3, -0.25) is 14.6 Å². The fourth-order valence-electron chi connectivity index (χ4n) is 3.36. The van der Waals surface area contributed by atoms with E-state index in [-0.39, 0.29) is 11.3 Å². The van der Waals surface area contributed by atoms with Crippen molar-refractivity contribution in [2.75, 3.05) is 0 Å². The molecule has 1 heterocycles. The van der Waals surface area contributed by atoms with Crippen LogP contribution in [0.15, 0.2) is 29.3 Å². The number of hydrogen-bond donors (Lipinski definition) is 2. The lowest BCUT2D eigenvalue weighted by Crippen LogP contribution is -2.45. The van der Waals surface area contributed by atoms with Crippen molar-refractivity contribution in [1.29, 1.82) is 0 Å². The number of carbonyl (C=O) groups is 2. The number of aliphatic imine (C=N–C) groups is 1. The van der Waals surface area contributed by atoms with Gasteiger partial charge < -0.3 is 10.2 Å². The van der Waals surface area contributed by atoms with Gasteiger partial charge in [0.15, 0.2) is 0 Å². The number of nitrogens with zero attached hydrogens (tertiary/aromatic N) is 1. The summed E-state index contributed by atoms with van der Waals surface area (Å²) in [6, 6.07) is 3.67. The average Bonchev–Trinajstić information content (AvgIpc) is 2.44. The van der Waals surface area contributed by atoms with Crippen molar-refractivity contribution in [3.05, 3.63) is 35.4 Å². The molecular weight excluding hydrogens is 327 g/mol. The molecule has 0 fully saturated rings. The molecule has 0 amide bonds. The van der Waals surface area contributed by atoms with Gasteiger partial charge in [-0.25, -0.2) is 0 Å². The first-order valence-corrected chi connectivity index (χ1v) is 7.21. The molecule has 130 valence electrons. The monoisotopic (exact) mass is 343 g/mol. The lowest BCUT2D eigenvalue weighted by molar-refractivity contribution is -0.148. The van der Waals surface area contributed by atoms with E-state index in [4.69, 9.17) is 0 Å². The van der Waals surface area contributed by atoms with Crippen molar-refractivity contribution in [2.45, 2.75) is 32.0 Å². The van der Waals surface area contributed by atoms with Crippen LogP contribution in [0.4, 0.5) is 13.2 Å². The molecule has 4 atom stereocenters. The molecule has 0 saturated heterocycles. The Balaban J connectivity index is 2.73. The molecule has 1 aromatic rings. The number of aliphatic carboxylic acids is 2. The zero-order chi connectivity index (χ0) is 18.2. The van der Waals surface area contributed by atoms with Crippen molar-refractivity contribution < 1.29 is 33.0 Å². The van der Waals surface area contributed by atoms with Gasteiger partial charge in [0.1, 0.15) is 5.92 Å². The maximum Gasteiger partial charge on any atom is 0.416 e. The minimum atomic E-state index is -4.71. The van der Waals surface area contributed by atoms with Crippen molar-refractivity contribution in [1.82, 2.24) is 0 Å². The standard InChI is InChI=1S/C16H16F3NO4/c1-7-11(14(21)22)13(12(15(23)24)8(2)20-7)9-5-3-4-6-10(9)16(17,18)19/h3-7,11-13H,1-2H3,(H,21,22)(H,23,24). The quantitative estimate of drug-likeness (QED) is 0.883. The Kier molecular flexibility index (Phi) is 4.68. The Morgan fingerprint density at radius 2 is 1.71 bits per heavy atom. The molecule has 0 bridgehead atoms. The molecule has 0 saturated carbocycles. The number of alkyl halides is 3. The third-order valence-electron chi connectivity index (χ3n) is 4.30. The third-order valence-corrected chi connectivity index (χ3v) is 4.30. The molecule has 2 rings (SSSR count). The second-order valence-electron chi connectivity index (χ2n) is 5.80. The van der Waals surface area contributed by atoms with Crippen LogP contribution in [0.2, 0.25) is 0 Å². The SMILES string of the molecule is CC1=NC(C)C(C(=O)O)C(c2ccccc2C(F)(F)F)C1C(=O)O. The van der Waals surface area contributed by atoms with Crippen LogP contribution in [0.1, 0.15) is 30.9 Å². The van der Waals surface area contributed by atoms with Gasteiger partial charge in [-0.1, -0.05) is 18.2 Å². The molecule has 1 aromatic carbocycles. The maximum absolute atomic E-state index is 13.3. The Morgan fingerprint density at radius 3 is 2.21 bits per heavy atom. The topological polar surface area (TPSA) is 87.0 Å². The first-order valence-electron chi connectivity index (χ1n) is 7.21. The van der Waals surface area contributed by atoms with E-state index in [0.29, 0.717) is 0 Å². The Labute approximate surface area is 135 Å². The average molecular weight is 343 g/mol. The van der Waals surface area contributed by atoms with E-state index in [1.54, 1.807) is 0 Å². The summed E-state index contributed by atoms with van der Waals surface area (Å²) in [6.45, 7) is 2.86. The highest BCUT2D eigenvalue weighted by Crippen LogP contribution is 2.45. The van der Waals surface area contributed by atoms with E-state index in [1.807, 2.05) is 0 Å². The fourth-order valence-corrected chi connectivity index (χ4v) is 3.36. The number of benzene rings is 1. The summed E-state index contributed by atoms with van der Waals surface area (Å²) in [7, 11) is 0. The Hall–Kier alpha value is -2.38. The summed E-state index contributed by atoms with van der Waals surface area (Å²) < 4.78 is 40.0. The van der Waals surface area contributed by atoms with Crippen molar-refractivity contribution in [3.63, 3.8) is 0 Å². The fraction of sp³-hybridized carbons (Fsp3) is 0.438. The van der Waals surface area contributed by atoms with E-state index in [0.717, 1.165) is 12.1 Å². The highest BCUT2D eigenvalue weighted by Gasteiger charge is 2.49. The van der Waals surface area contributed by atoms with Gasteiger partial charge in [0.25, 0.3) is 0 Å². The van der Waals surface area contributed by atoms with Gasteiger partial charge in [-0.15, -0.1) is 0 Å². The lowest BCUT2D eigenvalue weighted by Gasteiger charge is -2.37. The minimum absolute atomic E-state index is 0.120. The van der Waals surface area contributed by atoms with Crippen LogP contribution < -0.4 is 0 Å². The third kappa shape index (κ3) is 3.13. The highest BCUT2D eigenvalue weighted by atomic mass is 19.4. The summed E-state index contributed by atoms with van der Waals surface area (Å²) >= 11 is 0. The minimum Gasteiger partial charge on any atom is -0.481 e. The molecule has 1 aliphatic rings. The normalized spacial score (nSPS) is 27.5. The largest absolute Gasteiger partial charge is 0.481 e. The maximum atomic E-state index is 13.3. The van der Waals surface area contributed by atoms with E-state index >= 15 is 0 Å². The molecular formula is C16H16F3NO4. The van der Waals surface area contributed by atoms with E-state index < -0.39 is 47.5 Å². The van der Waals surface area contributed by atoms with E-state index in [2.05, 4.69) is 4.99 Å².